The van der Waals surface area contributed by atoms with Crippen molar-refractivity contribution in [3.05, 3.63) is 71.8 Å². The van der Waals surface area contributed by atoms with Gasteiger partial charge in [-0.15, -0.1) is 0 Å². The average molecular weight is 312 g/mol. The lowest BCUT2D eigenvalue weighted by atomic mass is 10.1. The van der Waals surface area contributed by atoms with E-state index in [-0.39, 0.29) is 12.5 Å². The molecule has 0 aliphatic rings. The molecule has 1 atom stereocenters. The number of nitrogens with one attached hydrogen (secondary N) is 1. The van der Waals surface area contributed by atoms with Crippen molar-refractivity contribution in [2.75, 3.05) is 6.61 Å². The third-order valence-electron chi connectivity index (χ3n) is 3.31. The Morgan fingerprint density at radius 3 is 2.09 bits per heavy atom. The number of carbonyl (C=O) groups excluding carboxylic acids is 2. The smallest absolute Gasteiger partial charge is 0.246 e. The van der Waals surface area contributed by atoms with Gasteiger partial charge in [0.15, 0.2) is 0 Å². The topological polar surface area (TPSA) is 81.4 Å². The summed E-state index contributed by atoms with van der Waals surface area (Å²) in [4.78, 5) is 23.4. The third kappa shape index (κ3) is 5.92. The van der Waals surface area contributed by atoms with Gasteiger partial charge in [-0.1, -0.05) is 60.7 Å². The maximum absolute atomic E-state index is 11.9. The maximum Gasteiger partial charge on any atom is 0.246 e. The monoisotopic (exact) mass is 312 g/mol. The highest BCUT2D eigenvalue weighted by Gasteiger charge is 2.18. The zero-order chi connectivity index (χ0) is 16.5. The number of hydrogen-bond acceptors (Lipinski definition) is 3. The van der Waals surface area contributed by atoms with Crippen molar-refractivity contribution in [1.29, 1.82) is 0 Å². The van der Waals surface area contributed by atoms with E-state index in [2.05, 4.69) is 5.32 Å². The highest BCUT2D eigenvalue weighted by molar-refractivity contribution is 5.87. The molecule has 3 N–H and O–H groups in total. The molecule has 0 aliphatic carbocycles. The molecule has 23 heavy (non-hydrogen) atoms. The first kappa shape index (κ1) is 16.7. The summed E-state index contributed by atoms with van der Waals surface area (Å²) >= 11 is 0. The van der Waals surface area contributed by atoms with Crippen molar-refractivity contribution in [3.8, 4) is 0 Å². The molecule has 2 aromatic carbocycles. The van der Waals surface area contributed by atoms with Crippen LogP contribution in [-0.2, 0) is 27.4 Å². The van der Waals surface area contributed by atoms with E-state index >= 15 is 0 Å². The van der Waals surface area contributed by atoms with Crippen LogP contribution < -0.4 is 11.1 Å². The second kappa shape index (κ2) is 8.70. The lowest BCUT2D eigenvalue weighted by Crippen LogP contribution is -2.47. The Morgan fingerprint density at radius 1 is 0.957 bits per heavy atom. The van der Waals surface area contributed by atoms with Gasteiger partial charge in [-0.3, -0.25) is 9.59 Å². The normalized spacial score (nSPS) is 11.7. The summed E-state index contributed by atoms with van der Waals surface area (Å²) < 4.78 is 5.35. The van der Waals surface area contributed by atoms with Gasteiger partial charge in [0.2, 0.25) is 11.8 Å². The van der Waals surface area contributed by atoms with Crippen LogP contribution in [-0.4, -0.2) is 24.5 Å². The standard InChI is InChI=1S/C18H20N2O3/c19-18(22)16(11-14-7-3-1-4-8-14)20-17(21)13-23-12-15-9-5-2-6-10-15/h1-10,16H,11-13H2,(H2,19,22)(H,20,21)/t16-/m1/s1. The van der Waals surface area contributed by atoms with Gasteiger partial charge >= 0.3 is 0 Å². The molecule has 0 bridgehead atoms. The van der Waals surface area contributed by atoms with Crippen molar-refractivity contribution in [3.63, 3.8) is 0 Å². The predicted molar refractivity (Wildman–Crippen MR) is 87.4 cm³/mol. The number of primary amides is 1. The molecule has 5 heteroatoms. The fourth-order valence-electron chi connectivity index (χ4n) is 2.14. The highest BCUT2D eigenvalue weighted by Crippen LogP contribution is 2.03. The van der Waals surface area contributed by atoms with E-state index in [0.29, 0.717) is 13.0 Å². The minimum absolute atomic E-state index is 0.118. The second-order valence-electron chi connectivity index (χ2n) is 5.19. The van der Waals surface area contributed by atoms with Crippen LogP contribution in [0.2, 0.25) is 0 Å². The molecule has 0 spiro atoms. The predicted octanol–water partition coefficient (Wildman–Crippen LogP) is 1.42. The molecule has 5 nitrogen and oxygen atoms in total. The van der Waals surface area contributed by atoms with Crippen LogP contribution in [0.5, 0.6) is 0 Å². The van der Waals surface area contributed by atoms with Crippen molar-refractivity contribution < 1.29 is 14.3 Å². The van der Waals surface area contributed by atoms with Gasteiger partial charge < -0.3 is 15.8 Å². The molecular formula is C18H20N2O3. The van der Waals surface area contributed by atoms with E-state index in [4.69, 9.17) is 10.5 Å². The minimum Gasteiger partial charge on any atom is -0.368 e. The molecule has 0 saturated carbocycles. The van der Waals surface area contributed by atoms with Gasteiger partial charge in [0, 0.05) is 6.42 Å². The van der Waals surface area contributed by atoms with Gasteiger partial charge in [-0.05, 0) is 11.1 Å². The zero-order valence-electron chi connectivity index (χ0n) is 12.8. The molecule has 0 saturated heterocycles. The van der Waals surface area contributed by atoms with E-state index in [1.54, 1.807) is 0 Å². The van der Waals surface area contributed by atoms with Crippen LogP contribution in [0.25, 0.3) is 0 Å². The fraction of sp³-hybridized carbons (Fsp3) is 0.222. The molecular weight excluding hydrogens is 292 g/mol. The van der Waals surface area contributed by atoms with Crippen molar-refractivity contribution in [2.45, 2.75) is 19.1 Å². The zero-order valence-corrected chi connectivity index (χ0v) is 12.8. The number of benzene rings is 2. The van der Waals surface area contributed by atoms with E-state index in [0.717, 1.165) is 11.1 Å². The van der Waals surface area contributed by atoms with Crippen molar-refractivity contribution in [2.24, 2.45) is 5.73 Å². The van der Waals surface area contributed by atoms with Crippen molar-refractivity contribution in [1.82, 2.24) is 5.32 Å². The number of hydrogen-bond donors (Lipinski definition) is 2. The first-order chi connectivity index (χ1) is 11.1. The van der Waals surface area contributed by atoms with E-state index in [1.807, 2.05) is 60.7 Å². The Labute approximate surface area is 135 Å². The van der Waals surface area contributed by atoms with Crippen molar-refractivity contribution >= 4 is 11.8 Å². The summed E-state index contributed by atoms with van der Waals surface area (Å²) in [6.07, 6.45) is 0.362. The SMILES string of the molecule is NC(=O)[C@@H](Cc1ccccc1)NC(=O)COCc1ccccc1. The van der Waals surface area contributed by atoms with Crippen LogP contribution in [0.1, 0.15) is 11.1 Å². The number of nitrogens with two attached hydrogens (primary N) is 1. The first-order valence-electron chi connectivity index (χ1n) is 7.39. The Morgan fingerprint density at radius 2 is 1.52 bits per heavy atom. The van der Waals surface area contributed by atoms with E-state index < -0.39 is 11.9 Å². The van der Waals surface area contributed by atoms with Crippen LogP contribution in [0.3, 0.4) is 0 Å². The number of amides is 2. The summed E-state index contributed by atoms with van der Waals surface area (Å²) in [5, 5.41) is 2.61. The highest BCUT2D eigenvalue weighted by atomic mass is 16.5. The Kier molecular flexibility index (Phi) is 6.32. The third-order valence-corrected chi connectivity index (χ3v) is 3.31. The maximum atomic E-state index is 11.9. The van der Waals surface area contributed by atoms with Crippen LogP contribution in [0.4, 0.5) is 0 Å². The van der Waals surface area contributed by atoms with Crippen LogP contribution in [0, 0.1) is 0 Å². The fourth-order valence-corrected chi connectivity index (χ4v) is 2.14. The van der Waals surface area contributed by atoms with Crippen LogP contribution >= 0.6 is 0 Å². The summed E-state index contributed by atoms with van der Waals surface area (Å²) in [5.41, 5.74) is 7.27. The first-order valence-corrected chi connectivity index (χ1v) is 7.39. The quantitative estimate of drug-likeness (QED) is 0.773. The van der Waals surface area contributed by atoms with Gasteiger partial charge in [-0.25, -0.2) is 0 Å². The lowest BCUT2D eigenvalue weighted by molar-refractivity contribution is -0.130. The summed E-state index contributed by atoms with van der Waals surface area (Å²) in [5.74, 6) is -0.925. The molecule has 0 fully saturated rings. The molecule has 2 aromatic rings. The van der Waals surface area contributed by atoms with Gasteiger partial charge in [0.1, 0.15) is 12.6 Å². The largest absolute Gasteiger partial charge is 0.368 e. The van der Waals surface area contributed by atoms with Gasteiger partial charge in [-0.2, -0.15) is 0 Å². The van der Waals surface area contributed by atoms with E-state index in [9.17, 15) is 9.59 Å². The summed E-state index contributed by atoms with van der Waals surface area (Å²) in [6, 6.07) is 18.2. The molecule has 0 heterocycles. The number of rotatable bonds is 8. The lowest BCUT2D eigenvalue weighted by Gasteiger charge is -2.15. The molecule has 2 amide bonds. The minimum atomic E-state index is -0.745. The Balaban J connectivity index is 1.80. The summed E-state index contributed by atoms with van der Waals surface area (Å²) in [6.45, 7) is 0.224. The summed E-state index contributed by atoms with van der Waals surface area (Å²) in [7, 11) is 0. The molecule has 0 aromatic heterocycles. The van der Waals surface area contributed by atoms with Crippen LogP contribution in [0.15, 0.2) is 60.7 Å². The number of ether oxygens (including phenoxy) is 1. The van der Waals surface area contributed by atoms with Gasteiger partial charge in [0.05, 0.1) is 6.61 Å². The van der Waals surface area contributed by atoms with Gasteiger partial charge in [0.25, 0.3) is 0 Å². The Hall–Kier alpha value is -2.66. The van der Waals surface area contributed by atoms with E-state index in [1.165, 1.54) is 0 Å². The molecule has 0 aliphatic heterocycles. The molecule has 0 radical (unpaired) electrons. The second-order valence-corrected chi connectivity index (χ2v) is 5.19. The molecule has 2 rings (SSSR count). The number of carbonyl (C=O) groups is 2. The average Bonchev–Trinajstić information content (AvgIpc) is 2.56. The molecule has 0 unspecified atom stereocenters. The Bertz CT molecular complexity index is 629. The molecule has 120 valence electrons.